The highest BCUT2D eigenvalue weighted by atomic mass is 19.1. The molecule has 0 aliphatic heterocycles. The zero-order valence-corrected chi connectivity index (χ0v) is 17.1. The molecule has 0 unspecified atom stereocenters. The summed E-state index contributed by atoms with van der Waals surface area (Å²) >= 11 is 0. The molecular weight excluding hydrogens is 432 g/mol. The molecule has 1 saturated carbocycles. The van der Waals surface area contributed by atoms with Crippen molar-refractivity contribution in [3.63, 3.8) is 0 Å². The van der Waals surface area contributed by atoms with E-state index in [1.165, 1.54) is 42.7 Å². The minimum absolute atomic E-state index is 0.0793. The minimum Gasteiger partial charge on any atom is -0.435 e. The molecule has 1 fully saturated rings. The van der Waals surface area contributed by atoms with E-state index in [1.54, 1.807) is 12.3 Å². The quantitative estimate of drug-likeness (QED) is 0.379. The van der Waals surface area contributed by atoms with E-state index in [9.17, 15) is 18.4 Å². The average Bonchev–Trinajstić information content (AvgIpc) is 3.48. The molecule has 1 aliphatic carbocycles. The molecule has 1 aliphatic rings. The van der Waals surface area contributed by atoms with Gasteiger partial charge in [0.1, 0.15) is 23.2 Å². The van der Waals surface area contributed by atoms with Crippen LogP contribution in [0.25, 0.3) is 11.0 Å². The molecule has 0 bridgehead atoms. The molecule has 2 amide bonds. The molecule has 10 heteroatoms. The number of hydrogen-bond acceptors (Lipinski definition) is 5. The lowest BCUT2D eigenvalue weighted by Crippen LogP contribution is -2.35. The van der Waals surface area contributed by atoms with Crippen molar-refractivity contribution in [3.05, 3.63) is 72.7 Å². The van der Waals surface area contributed by atoms with Crippen LogP contribution < -0.4 is 15.4 Å². The Labute approximate surface area is 186 Å². The highest BCUT2D eigenvalue weighted by molar-refractivity contribution is 6.16. The Morgan fingerprint density at radius 3 is 2.33 bits per heavy atom. The molecule has 3 N–H and O–H groups in total. The fourth-order valence-electron chi connectivity index (χ4n) is 3.41. The van der Waals surface area contributed by atoms with Crippen LogP contribution in [0.1, 0.15) is 12.8 Å². The van der Waals surface area contributed by atoms with E-state index in [1.807, 2.05) is 0 Å². The molecule has 166 valence electrons. The van der Waals surface area contributed by atoms with E-state index in [4.69, 9.17) is 4.74 Å². The largest absolute Gasteiger partial charge is 0.435 e. The van der Waals surface area contributed by atoms with Gasteiger partial charge in [0.15, 0.2) is 11.6 Å². The van der Waals surface area contributed by atoms with Crippen molar-refractivity contribution in [2.24, 2.45) is 5.41 Å². The molecule has 5 rings (SSSR count). The van der Waals surface area contributed by atoms with Crippen molar-refractivity contribution < 1.29 is 23.1 Å². The van der Waals surface area contributed by atoms with Crippen LogP contribution in [0, 0.1) is 17.0 Å². The van der Waals surface area contributed by atoms with Crippen LogP contribution in [-0.4, -0.2) is 26.8 Å². The Kier molecular flexibility index (Phi) is 4.97. The summed E-state index contributed by atoms with van der Waals surface area (Å²) in [5.41, 5.74) is -0.131. The smallest absolute Gasteiger partial charge is 0.240 e. The summed E-state index contributed by atoms with van der Waals surface area (Å²) in [7, 11) is 0. The van der Waals surface area contributed by atoms with Crippen molar-refractivity contribution in [2.75, 3.05) is 10.6 Å². The number of hydrogen-bond donors (Lipinski definition) is 3. The number of ether oxygens (including phenoxy) is 1. The number of amides is 2. The number of benzene rings is 2. The number of carbonyl (C=O) groups is 2. The van der Waals surface area contributed by atoms with Crippen LogP contribution in [0.3, 0.4) is 0 Å². The van der Waals surface area contributed by atoms with Gasteiger partial charge in [0.05, 0.1) is 5.39 Å². The number of anilines is 2. The Balaban J connectivity index is 1.28. The molecule has 8 nitrogen and oxygen atoms in total. The van der Waals surface area contributed by atoms with E-state index in [-0.39, 0.29) is 17.3 Å². The standard InChI is InChI=1S/C23H17F2N5O3/c24-13-1-3-14(4-2-13)29-21(31)23(8-9-23)22(32)30-15-5-6-18(17(25)11-15)33-20-16-7-10-26-19(16)27-12-28-20/h1-7,10-12H,8-9H2,(H,29,31)(H,30,32)(H,26,27,28). The number of aromatic nitrogens is 3. The first-order valence-corrected chi connectivity index (χ1v) is 10.1. The molecule has 2 heterocycles. The van der Waals surface area contributed by atoms with Crippen LogP contribution in [0.4, 0.5) is 20.2 Å². The summed E-state index contributed by atoms with van der Waals surface area (Å²) < 4.78 is 33.3. The molecule has 2 aromatic carbocycles. The van der Waals surface area contributed by atoms with Gasteiger partial charge in [-0.2, -0.15) is 0 Å². The van der Waals surface area contributed by atoms with E-state index in [2.05, 4.69) is 25.6 Å². The summed E-state index contributed by atoms with van der Waals surface area (Å²) in [4.78, 5) is 36.4. The average molecular weight is 449 g/mol. The molecule has 4 aromatic rings. The Morgan fingerprint density at radius 1 is 0.939 bits per heavy atom. The third-order valence-electron chi connectivity index (χ3n) is 5.44. The third kappa shape index (κ3) is 3.98. The van der Waals surface area contributed by atoms with Gasteiger partial charge in [0.25, 0.3) is 0 Å². The Morgan fingerprint density at radius 2 is 1.64 bits per heavy atom. The molecule has 2 aromatic heterocycles. The van der Waals surface area contributed by atoms with Crippen molar-refractivity contribution in [1.29, 1.82) is 0 Å². The van der Waals surface area contributed by atoms with E-state index < -0.39 is 28.9 Å². The maximum absolute atomic E-state index is 14.7. The van der Waals surface area contributed by atoms with E-state index in [0.29, 0.717) is 29.6 Å². The number of aromatic amines is 1. The number of carbonyl (C=O) groups excluding carboxylic acids is 2. The van der Waals surface area contributed by atoms with Gasteiger partial charge in [-0.3, -0.25) is 9.59 Å². The van der Waals surface area contributed by atoms with Crippen LogP contribution in [0.2, 0.25) is 0 Å². The van der Waals surface area contributed by atoms with Gasteiger partial charge in [0, 0.05) is 23.6 Å². The first-order chi connectivity index (χ1) is 15.9. The number of nitrogens with zero attached hydrogens (tertiary/aromatic N) is 2. The first kappa shape index (κ1) is 20.6. The van der Waals surface area contributed by atoms with Crippen LogP contribution >= 0.6 is 0 Å². The highest BCUT2D eigenvalue weighted by Crippen LogP contribution is 2.47. The van der Waals surface area contributed by atoms with Crippen LogP contribution in [0.15, 0.2) is 61.1 Å². The monoisotopic (exact) mass is 449 g/mol. The predicted molar refractivity (Wildman–Crippen MR) is 116 cm³/mol. The summed E-state index contributed by atoms with van der Waals surface area (Å²) in [6.07, 6.45) is 3.68. The van der Waals surface area contributed by atoms with Gasteiger partial charge < -0.3 is 20.4 Å². The van der Waals surface area contributed by atoms with E-state index >= 15 is 0 Å². The first-order valence-electron chi connectivity index (χ1n) is 10.1. The SMILES string of the molecule is O=C(Nc1ccc(F)cc1)C1(C(=O)Nc2ccc(Oc3ncnc4[nH]ccc34)c(F)c2)CC1. The van der Waals surface area contributed by atoms with Gasteiger partial charge in [-0.05, 0) is 55.3 Å². The van der Waals surface area contributed by atoms with Gasteiger partial charge in [0.2, 0.25) is 17.7 Å². The number of halogens is 2. The topological polar surface area (TPSA) is 109 Å². The van der Waals surface area contributed by atoms with Crippen molar-refractivity contribution in [3.8, 4) is 11.6 Å². The maximum Gasteiger partial charge on any atom is 0.240 e. The Hall–Kier alpha value is -4.34. The lowest BCUT2D eigenvalue weighted by atomic mass is 10.0. The maximum atomic E-state index is 14.7. The molecule has 0 spiro atoms. The normalized spacial score (nSPS) is 14.0. The third-order valence-corrected chi connectivity index (χ3v) is 5.44. The van der Waals surface area contributed by atoms with Gasteiger partial charge in [-0.15, -0.1) is 0 Å². The van der Waals surface area contributed by atoms with Crippen molar-refractivity contribution in [2.45, 2.75) is 12.8 Å². The molecule has 0 radical (unpaired) electrons. The molecule has 0 saturated heterocycles. The van der Waals surface area contributed by atoms with Gasteiger partial charge in [-0.1, -0.05) is 0 Å². The zero-order chi connectivity index (χ0) is 23.0. The Bertz CT molecular complexity index is 1370. The second-order valence-corrected chi connectivity index (χ2v) is 7.66. The van der Waals surface area contributed by atoms with Crippen LogP contribution in [-0.2, 0) is 9.59 Å². The van der Waals surface area contributed by atoms with Crippen molar-refractivity contribution in [1.82, 2.24) is 15.0 Å². The number of rotatable bonds is 6. The van der Waals surface area contributed by atoms with E-state index in [0.717, 1.165) is 6.07 Å². The predicted octanol–water partition coefficient (Wildman–Crippen LogP) is 4.39. The second kappa shape index (κ2) is 7.97. The lowest BCUT2D eigenvalue weighted by molar-refractivity contribution is -0.131. The summed E-state index contributed by atoms with van der Waals surface area (Å²) in [5.74, 6) is -2.07. The fraction of sp³-hybridized carbons (Fsp3) is 0.130. The molecular formula is C23H17F2N5O3. The molecule has 33 heavy (non-hydrogen) atoms. The number of nitrogens with one attached hydrogen (secondary N) is 3. The van der Waals surface area contributed by atoms with Crippen molar-refractivity contribution >= 4 is 34.2 Å². The van der Waals surface area contributed by atoms with Gasteiger partial charge in [-0.25, -0.2) is 18.7 Å². The summed E-state index contributed by atoms with van der Waals surface area (Å²) in [5, 5.41) is 5.81. The lowest BCUT2D eigenvalue weighted by Gasteiger charge is -2.16. The molecule has 0 atom stereocenters. The second-order valence-electron chi connectivity index (χ2n) is 7.66. The van der Waals surface area contributed by atoms with Crippen LogP contribution in [0.5, 0.6) is 11.6 Å². The van der Waals surface area contributed by atoms with Gasteiger partial charge >= 0.3 is 0 Å². The fourth-order valence-corrected chi connectivity index (χ4v) is 3.41. The summed E-state index contributed by atoms with van der Waals surface area (Å²) in [6.45, 7) is 0. The minimum atomic E-state index is -1.25. The highest BCUT2D eigenvalue weighted by Gasteiger charge is 2.56. The zero-order valence-electron chi connectivity index (χ0n) is 17.1. The number of H-pyrrole nitrogens is 1. The number of fused-ring (bicyclic) bond motifs is 1. The summed E-state index contributed by atoms with van der Waals surface area (Å²) in [6, 6.07) is 10.9.